The largest absolute Gasteiger partial charge is 0.313 e. The Hall–Kier alpha value is -0.0400. The van der Waals surface area contributed by atoms with Crippen LogP contribution in [-0.2, 0) is 0 Å². The van der Waals surface area contributed by atoms with Gasteiger partial charge in [0.1, 0.15) is 0 Å². The molecule has 1 unspecified atom stereocenters. The fraction of sp³-hybridized carbons (Fsp3) is 1.00. The second-order valence-electron chi connectivity index (χ2n) is 7.34. The third-order valence-corrected chi connectivity index (χ3v) is 4.95. The third kappa shape index (κ3) is 3.23. The van der Waals surface area contributed by atoms with Crippen molar-refractivity contribution in [2.75, 3.05) is 6.54 Å². The summed E-state index contributed by atoms with van der Waals surface area (Å²) in [6, 6.07) is 0.805. The van der Waals surface area contributed by atoms with Crippen LogP contribution in [0.5, 0.6) is 0 Å². The van der Waals surface area contributed by atoms with Crippen LogP contribution in [0.3, 0.4) is 0 Å². The zero-order valence-electron chi connectivity index (χ0n) is 11.4. The molecule has 2 saturated carbocycles. The molecule has 0 amide bonds. The minimum atomic E-state index is 0.594. The van der Waals surface area contributed by atoms with E-state index in [1.807, 2.05) is 0 Å². The Labute approximate surface area is 101 Å². The molecule has 2 fully saturated rings. The average Bonchev–Trinajstić information content (AvgIpc) is 2.34. The highest BCUT2D eigenvalue weighted by Gasteiger charge is 2.32. The van der Waals surface area contributed by atoms with E-state index in [9.17, 15) is 0 Å². The second kappa shape index (κ2) is 4.68. The van der Waals surface area contributed by atoms with Gasteiger partial charge in [0.05, 0.1) is 0 Å². The highest BCUT2D eigenvalue weighted by Crippen LogP contribution is 2.40. The molecule has 1 heteroatoms. The van der Waals surface area contributed by atoms with Crippen molar-refractivity contribution in [2.24, 2.45) is 10.8 Å². The van der Waals surface area contributed by atoms with E-state index >= 15 is 0 Å². The number of rotatable bonds is 3. The monoisotopic (exact) mass is 223 g/mol. The zero-order chi connectivity index (χ0) is 11.6. The average molecular weight is 223 g/mol. The van der Waals surface area contributed by atoms with Crippen LogP contribution in [0.25, 0.3) is 0 Å². The topological polar surface area (TPSA) is 12.0 Å². The standard InChI is InChI=1S/C15H29N/c1-14(2)8-4-6-13(7-11-14)16-12-15(3)9-5-10-15/h13,16H,4-12H2,1-3H3. The number of hydrogen-bond donors (Lipinski definition) is 1. The normalized spacial score (nSPS) is 32.8. The van der Waals surface area contributed by atoms with Gasteiger partial charge in [0.15, 0.2) is 0 Å². The Balaban J connectivity index is 1.73. The summed E-state index contributed by atoms with van der Waals surface area (Å²) in [5.74, 6) is 0. The third-order valence-electron chi connectivity index (χ3n) is 4.95. The van der Waals surface area contributed by atoms with Crippen molar-refractivity contribution in [3.8, 4) is 0 Å². The van der Waals surface area contributed by atoms with E-state index in [1.54, 1.807) is 0 Å². The predicted molar refractivity (Wildman–Crippen MR) is 70.6 cm³/mol. The molecule has 2 aliphatic rings. The lowest BCUT2D eigenvalue weighted by Gasteiger charge is -2.39. The van der Waals surface area contributed by atoms with Gasteiger partial charge in [-0.05, 0) is 49.4 Å². The van der Waals surface area contributed by atoms with Crippen LogP contribution < -0.4 is 5.32 Å². The van der Waals surface area contributed by atoms with Crippen LogP contribution >= 0.6 is 0 Å². The summed E-state index contributed by atoms with van der Waals surface area (Å²) in [6.45, 7) is 8.58. The summed E-state index contributed by atoms with van der Waals surface area (Å²) in [4.78, 5) is 0. The van der Waals surface area contributed by atoms with Gasteiger partial charge in [-0.2, -0.15) is 0 Å². The summed E-state index contributed by atoms with van der Waals surface area (Å²) in [6.07, 6.45) is 11.4. The molecular weight excluding hydrogens is 194 g/mol. The summed E-state index contributed by atoms with van der Waals surface area (Å²) in [5.41, 5.74) is 1.23. The molecule has 0 aliphatic heterocycles. The van der Waals surface area contributed by atoms with Crippen molar-refractivity contribution >= 4 is 0 Å². The molecule has 1 nitrogen and oxygen atoms in total. The van der Waals surface area contributed by atoms with Crippen molar-refractivity contribution < 1.29 is 0 Å². The highest BCUT2D eigenvalue weighted by atomic mass is 14.9. The van der Waals surface area contributed by atoms with Crippen LogP contribution in [0.15, 0.2) is 0 Å². The Bertz CT molecular complexity index is 228. The van der Waals surface area contributed by atoms with Gasteiger partial charge in [-0.25, -0.2) is 0 Å². The van der Waals surface area contributed by atoms with Gasteiger partial charge in [0, 0.05) is 12.6 Å². The molecular formula is C15H29N. The quantitative estimate of drug-likeness (QED) is 0.710. The Morgan fingerprint density at radius 1 is 0.938 bits per heavy atom. The summed E-state index contributed by atoms with van der Waals surface area (Å²) >= 11 is 0. The maximum Gasteiger partial charge on any atom is 0.00674 e. The molecule has 2 aliphatic carbocycles. The van der Waals surface area contributed by atoms with Gasteiger partial charge in [-0.1, -0.05) is 33.6 Å². The lowest BCUT2D eigenvalue weighted by Crippen LogP contribution is -2.41. The number of hydrogen-bond acceptors (Lipinski definition) is 1. The molecule has 2 rings (SSSR count). The molecule has 0 radical (unpaired) electrons. The first-order valence-electron chi connectivity index (χ1n) is 7.23. The van der Waals surface area contributed by atoms with E-state index in [-0.39, 0.29) is 0 Å². The van der Waals surface area contributed by atoms with Crippen LogP contribution in [0, 0.1) is 10.8 Å². The van der Waals surface area contributed by atoms with Crippen molar-refractivity contribution in [1.82, 2.24) is 5.32 Å². The van der Waals surface area contributed by atoms with E-state index in [1.165, 1.54) is 57.9 Å². The van der Waals surface area contributed by atoms with E-state index in [4.69, 9.17) is 0 Å². The van der Waals surface area contributed by atoms with E-state index in [0.717, 1.165) is 6.04 Å². The molecule has 1 N–H and O–H groups in total. The predicted octanol–water partition coefficient (Wildman–Crippen LogP) is 4.13. The summed E-state index contributed by atoms with van der Waals surface area (Å²) in [7, 11) is 0. The lowest BCUT2D eigenvalue weighted by atomic mass is 9.70. The van der Waals surface area contributed by atoms with Crippen LogP contribution in [0.1, 0.15) is 72.1 Å². The van der Waals surface area contributed by atoms with E-state index < -0.39 is 0 Å². The molecule has 0 aromatic rings. The van der Waals surface area contributed by atoms with Crippen LogP contribution in [-0.4, -0.2) is 12.6 Å². The Morgan fingerprint density at radius 3 is 2.31 bits per heavy atom. The summed E-state index contributed by atoms with van der Waals surface area (Å²) < 4.78 is 0. The maximum atomic E-state index is 3.84. The smallest absolute Gasteiger partial charge is 0.00674 e. The maximum absolute atomic E-state index is 3.84. The van der Waals surface area contributed by atoms with Crippen molar-refractivity contribution in [3.63, 3.8) is 0 Å². The molecule has 0 aromatic heterocycles. The second-order valence-corrected chi connectivity index (χ2v) is 7.34. The molecule has 0 bridgehead atoms. The summed E-state index contributed by atoms with van der Waals surface area (Å²) in [5, 5.41) is 3.84. The van der Waals surface area contributed by atoms with Gasteiger partial charge in [0.2, 0.25) is 0 Å². The molecule has 16 heavy (non-hydrogen) atoms. The van der Waals surface area contributed by atoms with Gasteiger partial charge >= 0.3 is 0 Å². The first-order chi connectivity index (χ1) is 7.49. The minimum Gasteiger partial charge on any atom is -0.313 e. The fourth-order valence-corrected chi connectivity index (χ4v) is 3.21. The molecule has 94 valence electrons. The first-order valence-corrected chi connectivity index (χ1v) is 7.23. The lowest BCUT2D eigenvalue weighted by molar-refractivity contribution is 0.148. The molecule has 0 aromatic carbocycles. The van der Waals surface area contributed by atoms with Gasteiger partial charge < -0.3 is 5.32 Å². The van der Waals surface area contributed by atoms with Gasteiger partial charge in [-0.3, -0.25) is 0 Å². The van der Waals surface area contributed by atoms with Crippen molar-refractivity contribution in [3.05, 3.63) is 0 Å². The molecule has 0 heterocycles. The Morgan fingerprint density at radius 2 is 1.69 bits per heavy atom. The van der Waals surface area contributed by atoms with E-state index in [2.05, 4.69) is 26.1 Å². The Kier molecular flexibility index (Phi) is 3.63. The fourth-order valence-electron chi connectivity index (χ4n) is 3.21. The highest BCUT2D eigenvalue weighted by molar-refractivity contribution is 4.87. The van der Waals surface area contributed by atoms with Crippen molar-refractivity contribution in [1.29, 1.82) is 0 Å². The van der Waals surface area contributed by atoms with Crippen LogP contribution in [0.4, 0.5) is 0 Å². The zero-order valence-corrected chi connectivity index (χ0v) is 11.4. The SMILES string of the molecule is CC1(C)CCCC(NCC2(C)CCC2)CC1. The molecule has 0 spiro atoms. The molecule has 1 atom stereocenters. The van der Waals surface area contributed by atoms with Gasteiger partial charge in [0.25, 0.3) is 0 Å². The minimum absolute atomic E-state index is 0.594. The number of nitrogens with one attached hydrogen (secondary N) is 1. The first kappa shape index (κ1) is 12.4. The van der Waals surface area contributed by atoms with E-state index in [0.29, 0.717) is 10.8 Å². The van der Waals surface area contributed by atoms with Gasteiger partial charge in [-0.15, -0.1) is 0 Å². The molecule has 0 saturated heterocycles. The van der Waals surface area contributed by atoms with Crippen LogP contribution in [0.2, 0.25) is 0 Å². The van der Waals surface area contributed by atoms with Crippen molar-refractivity contribution in [2.45, 2.75) is 78.2 Å².